The van der Waals surface area contributed by atoms with E-state index in [1.165, 1.54) is 12.5 Å². The molecule has 3 atom stereocenters. The predicted molar refractivity (Wildman–Crippen MR) is 71.5 cm³/mol. The van der Waals surface area contributed by atoms with Gasteiger partial charge in [0.25, 0.3) is 0 Å². The van der Waals surface area contributed by atoms with E-state index in [2.05, 4.69) is 6.92 Å². The topological polar surface area (TPSA) is 53.7 Å². The van der Waals surface area contributed by atoms with Crippen molar-refractivity contribution in [1.29, 1.82) is 0 Å². The Hall–Kier alpha value is -1.55. The summed E-state index contributed by atoms with van der Waals surface area (Å²) in [6, 6.07) is 3.90. The van der Waals surface area contributed by atoms with Gasteiger partial charge < -0.3 is 14.4 Å². The highest BCUT2D eigenvalue weighted by Crippen LogP contribution is 2.47. The molecule has 1 aliphatic heterocycles. The fraction of sp³-hybridized carbons (Fsp3) is 0.533. The van der Waals surface area contributed by atoms with Crippen molar-refractivity contribution in [1.82, 2.24) is 4.90 Å². The van der Waals surface area contributed by atoms with Gasteiger partial charge in [0.05, 0.1) is 6.10 Å². The largest absolute Gasteiger partial charge is 0.461 e. The average molecular weight is 261 g/mol. The number of β-amino-alcohol motifs (C(OH)–C–C–N with tert-alkyl or cyclic N) is 1. The van der Waals surface area contributed by atoms with E-state index >= 15 is 0 Å². The number of aliphatic hydroxyl groups is 1. The van der Waals surface area contributed by atoms with Crippen LogP contribution in [0, 0.1) is 5.92 Å². The Balaban J connectivity index is 1.59. The first-order chi connectivity index (χ1) is 9.13. The maximum atomic E-state index is 11.9. The van der Waals surface area contributed by atoms with E-state index in [4.69, 9.17) is 4.42 Å². The van der Waals surface area contributed by atoms with Crippen molar-refractivity contribution in [2.45, 2.75) is 31.8 Å². The van der Waals surface area contributed by atoms with Crippen LogP contribution in [0.5, 0.6) is 0 Å². The van der Waals surface area contributed by atoms with Crippen molar-refractivity contribution in [3.05, 3.63) is 29.7 Å². The van der Waals surface area contributed by atoms with Crippen LogP contribution in [0.25, 0.3) is 6.08 Å². The summed E-state index contributed by atoms with van der Waals surface area (Å²) in [5.74, 6) is 2.97. The van der Waals surface area contributed by atoms with Crippen LogP contribution in [0.1, 0.15) is 37.2 Å². The van der Waals surface area contributed by atoms with Gasteiger partial charge in [-0.25, -0.2) is 0 Å². The molecule has 1 aromatic heterocycles. The van der Waals surface area contributed by atoms with Crippen molar-refractivity contribution in [3.8, 4) is 0 Å². The molecule has 0 bridgehead atoms. The molecule has 0 aromatic carbocycles. The van der Waals surface area contributed by atoms with Gasteiger partial charge in [0.15, 0.2) is 0 Å². The molecule has 2 heterocycles. The summed E-state index contributed by atoms with van der Waals surface area (Å²) in [5.41, 5.74) is 0. The Morgan fingerprint density at radius 1 is 1.53 bits per heavy atom. The number of carbonyl (C=O) groups excluding carboxylic acids is 1. The summed E-state index contributed by atoms with van der Waals surface area (Å²) in [7, 11) is 0. The SMILES string of the molecule is CC1CC1c1ccc(C=CC(=O)N2CCC(O)C2)o1. The number of likely N-dealkylation sites (tertiary alicyclic amines) is 1. The average Bonchev–Trinajstić information content (AvgIpc) is 2.84. The molecule has 3 unspecified atom stereocenters. The number of hydrogen-bond donors (Lipinski definition) is 1. The van der Waals surface area contributed by atoms with E-state index in [0.717, 1.165) is 17.4 Å². The molecule has 1 N–H and O–H groups in total. The number of rotatable bonds is 3. The summed E-state index contributed by atoms with van der Waals surface area (Å²) in [6.45, 7) is 3.28. The normalized spacial score (nSPS) is 30.2. The molecule has 4 heteroatoms. The molecule has 1 aromatic rings. The molecule has 3 rings (SSSR count). The Bertz CT molecular complexity index is 505. The highest BCUT2D eigenvalue weighted by atomic mass is 16.3. The maximum Gasteiger partial charge on any atom is 0.246 e. The van der Waals surface area contributed by atoms with Gasteiger partial charge in [0.2, 0.25) is 5.91 Å². The van der Waals surface area contributed by atoms with E-state index in [-0.39, 0.29) is 12.0 Å². The lowest BCUT2D eigenvalue weighted by atomic mass is 10.3. The minimum atomic E-state index is -0.371. The second kappa shape index (κ2) is 4.85. The molecule has 0 spiro atoms. The summed E-state index contributed by atoms with van der Waals surface area (Å²) in [6.07, 6.45) is 4.73. The van der Waals surface area contributed by atoms with Crippen LogP contribution < -0.4 is 0 Å². The molecule has 2 aliphatic rings. The van der Waals surface area contributed by atoms with Crippen LogP contribution in [0.3, 0.4) is 0 Å². The molecule has 1 aliphatic carbocycles. The maximum absolute atomic E-state index is 11.9. The first kappa shape index (κ1) is 12.5. The fourth-order valence-electron chi connectivity index (χ4n) is 2.58. The van der Waals surface area contributed by atoms with Crippen molar-refractivity contribution in [2.24, 2.45) is 5.92 Å². The van der Waals surface area contributed by atoms with Crippen molar-refractivity contribution >= 4 is 12.0 Å². The van der Waals surface area contributed by atoms with Crippen molar-refractivity contribution in [2.75, 3.05) is 13.1 Å². The van der Waals surface area contributed by atoms with Crippen LogP contribution in [-0.4, -0.2) is 35.1 Å². The van der Waals surface area contributed by atoms with Crippen LogP contribution >= 0.6 is 0 Å². The number of hydrogen-bond acceptors (Lipinski definition) is 3. The third-order valence-electron chi connectivity index (χ3n) is 3.99. The van der Waals surface area contributed by atoms with E-state index in [0.29, 0.717) is 25.4 Å². The minimum Gasteiger partial charge on any atom is -0.461 e. The second-order valence-corrected chi connectivity index (χ2v) is 5.62. The third kappa shape index (κ3) is 2.73. The molecule has 102 valence electrons. The zero-order chi connectivity index (χ0) is 13.4. The van der Waals surface area contributed by atoms with Gasteiger partial charge in [-0.3, -0.25) is 4.79 Å². The van der Waals surface area contributed by atoms with Crippen LogP contribution in [0.15, 0.2) is 22.6 Å². The highest BCUT2D eigenvalue weighted by molar-refractivity contribution is 5.91. The smallest absolute Gasteiger partial charge is 0.246 e. The van der Waals surface area contributed by atoms with Gasteiger partial charge in [-0.1, -0.05) is 6.92 Å². The molecule has 2 fully saturated rings. The van der Waals surface area contributed by atoms with Gasteiger partial charge in [-0.15, -0.1) is 0 Å². The number of amides is 1. The molecular formula is C15H19NO3. The Morgan fingerprint density at radius 2 is 2.32 bits per heavy atom. The van der Waals surface area contributed by atoms with Crippen LogP contribution in [0.4, 0.5) is 0 Å². The number of furan rings is 1. The molecular weight excluding hydrogens is 242 g/mol. The second-order valence-electron chi connectivity index (χ2n) is 5.62. The quantitative estimate of drug-likeness (QED) is 0.847. The first-order valence-corrected chi connectivity index (χ1v) is 6.88. The monoisotopic (exact) mass is 261 g/mol. The Morgan fingerprint density at radius 3 is 2.95 bits per heavy atom. The first-order valence-electron chi connectivity index (χ1n) is 6.88. The standard InChI is InChI=1S/C15H19NO3/c1-10-8-13(10)14-4-2-12(19-14)3-5-15(18)16-7-6-11(17)9-16/h2-5,10-11,13,17H,6-9H2,1H3. The third-order valence-corrected chi connectivity index (χ3v) is 3.99. The van der Waals surface area contributed by atoms with Gasteiger partial charge >= 0.3 is 0 Å². The van der Waals surface area contributed by atoms with Crippen LogP contribution in [-0.2, 0) is 4.79 Å². The minimum absolute atomic E-state index is 0.0608. The summed E-state index contributed by atoms with van der Waals surface area (Å²) >= 11 is 0. The van der Waals surface area contributed by atoms with E-state index < -0.39 is 0 Å². The summed E-state index contributed by atoms with van der Waals surface area (Å²) in [4.78, 5) is 13.5. The molecule has 19 heavy (non-hydrogen) atoms. The zero-order valence-corrected chi connectivity index (χ0v) is 11.1. The van der Waals surface area contributed by atoms with Gasteiger partial charge in [-0.05, 0) is 37.0 Å². The Kier molecular flexibility index (Phi) is 3.19. The van der Waals surface area contributed by atoms with E-state index in [1.54, 1.807) is 11.0 Å². The van der Waals surface area contributed by atoms with E-state index in [9.17, 15) is 9.90 Å². The highest BCUT2D eigenvalue weighted by Gasteiger charge is 2.36. The van der Waals surface area contributed by atoms with Crippen molar-refractivity contribution in [3.63, 3.8) is 0 Å². The number of nitrogens with zero attached hydrogens (tertiary/aromatic N) is 1. The van der Waals surface area contributed by atoms with Gasteiger partial charge in [0, 0.05) is 25.1 Å². The fourth-order valence-corrected chi connectivity index (χ4v) is 2.58. The van der Waals surface area contributed by atoms with Crippen LogP contribution in [0.2, 0.25) is 0 Å². The van der Waals surface area contributed by atoms with Crippen molar-refractivity contribution < 1.29 is 14.3 Å². The molecule has 1 saturated carbocycles. The summed E-state index contributed by atoms with van der Waals surface area (Å²) < 4.78 is 5.71. The summed E-state index contributed by atoms with van der Waals surface area (Å²) in [5, 5.41) is 9.39. The van der Waals surface area contributed by atoms with E-state index in [1.807, 2.05) is 12.1 Å². The lowest BCUT2D eigenvalue weighted by Gasteiger charge is -2.11. The lowest BCUT2D eigenvalue weighted by Crippen LogP contribution is -2.27. The molecule has 1 saturated heterocycles. The lowest BCUT2D eigenvalue weighted by molar-refractivity contribution is -0.125. The molecule has 1 amide bonds. The Labute approximate surface area is 112 Å². The van der Waals surface area contributed by atoms with Gasteiger partial charge in [0.1, 0.15) is 11.5 Å². The zero-order valence-electron chi connectivity index (χ0n) is 11.1. The molecule has 4 nitrogen and oxygen atoms in total. The van der Waals surface area contributed by atoms with Gasteiger partial charge in [-0.2, -0.15) is 0 Å². The molecule has 0 radical (unpaired) electrons. The predicted octanol–water partition coefficient (Wildman–Crippen LogP) is 2.01. The number of carbonyl (C=O) groups is 1. The number of aliphatic hydroxyl groups excluding tert-OH is 1.